The van der Waals surface area contributed by atoms with Crippen molar-refractivity contribution in [2.24, 2.45) is 10.2 Å². The highest BCUT2D eigenvalue weighted by molar-refractivity contribution is 7.94. The van der Waals surface area contributed by atoms with Crippen molar-refractivity contribution in [2.45, 2.75) is 9.79 Å². The van der Waals surface area contributed by atoms with Crippen molar-refractivity contribution >= 4 is 67.3 Å². The fourth-order valence-corrected chi connectivity index (χ4v) is 4.94. The number of phenols is 1. The van der Waals surface area contributed by atoms with Crippen molar-refractivity contribution in [3.63, 3.8) is 0 Å². The molecule has 21 heteroatoms. The number of nitrogens with one attached hydrogen (secondary N) is 2. The number of phenolic OH excluding ortho intramolecular Hbond substituents is 1. The standard InChI is InChI=1S/C24H14F4N8O7S2/c25-17-8-19(33-23(27)31-17)29-11-1-3-13-10(5-11)6-15(44-43-42-38)21(22(13)37)36-35-14-7-12(2-4-16(14)45(39,40)41)30-20-9-18(26)32-24(28)34-20/h1-9,37-38H,(H,29,31,33)(H,30,32,34)(H,39,40,41). The molecule has 0 spiro atoms. The fraction of sp³-hybridized carbons (Fsp3) is 0. The normalized spacial score (nSPS) is 11.8. The smallest absolute Gasteiger partial charge is 0.313 e. The van der Waals surface area contributed by atoms with Crippen LogP contribution in [0.2, 0.25) is 0 Å². The van der Waals surface area contributed by atoms with Crippen LogP contribution in [0, 0.1) is 24.1 Å². The Hall–Kier alpha value is -5.06. The molecule has 0 unspecified atom stereocenters. The van der Waals surface area contributed by atoms with Gasteiger partial charge in [-0.05, 0) is 47.9 Å². The molecule has 2 heterocycles. The number of aromatic nitrogens is 4. The number of anilines is 4. The Morgan fingerprint density at radius 2 is 1.40 bits per heavy atom. The average Bonchev–Trinajstić information content (AvgIpc) is 2.94. The van der Waals surface area contributed by atoms with Crippen molar-refractivity contribution in [1.82, 2.24) is 19.9 Å². The molecule has 45 heavy (non-hydrogen) atoms. The summed E-state index contributed by atoms with van der Waals surface area (Å²) in [7, 11) is -4.88. The Morgan fingerprint density at radius 3 is 1.98 bits per heavy atom. The van der Waals surface area contributed by atoms with E-state index in [0.29, 0.717) is 17.4 Å². The van der Waals surface area contributed by atoms with Crippen molar-refractivity contribution in [3.05, 3.63) is 78.6 Å². The number of hydrogen-bond donors (Lipinski definition) is 5. The summed E-state index contributed by atoms with van der Waals surface area (Å²) >= 11 is 0.351. The van der Waals surface area contributed by atoms with Gasteiger partial charge in [0.1, 0.15) is 27.9 Å². The van der Waals surface area contributed by atoms with Crippen LogP contribution in [-0.4, -0.2) is 43.3 Å². The number of halogens is 4. The second-order valence-electron chi connectivity index (χ2n) is 8.53. The zero-order valence-corrected chi connectivity index (χ0v) is 23.3. The first kappa shape index (κ1) is 31.4. The van der Waals surface area contributed by atoms with Gasteiger partial charge in [0.15, 0.2) is 5.75 Å². The van der Waals surface area contributed by atoms with E-state index in [1.165, 1.54) is 24.3 Å². The highest BCUT2D eigenvalue weighted by Gasteiger charge is 2.19. The summed E-state index contributed by atoms with van der Waals surface area (Å²) in [6.07, 6.45) is -2.68. The molecule has 0 radical (unpaired) electrons. The van der Waals surface area contributed by atoms with E-state index in [1.807, 2.05) is 0 Å². The van der Waals surface area contributed by atoms with Gasteiger partial charge in [0.25, 0.3) is 10.1 Å². The summed E-state index contributed by atoms with van der Waals surface area (Å²) in [6, 6.07) is 10.3. The number of aromatic hydroxyl groups is 1. The molecule has 0 aliphatic heterocycles. The third-order valence-corrected chi connectivity index (χ3v) is 7.10. The lowest BCUT2D eigenvalue weighted by molar-refractivity contribution is -0.432. The van der Waals surface area contributed by atoms with Gasteiger partial charge in [0.05, 0.1) is 16.9 Å². The Labute approximate surface area is 252 Å². The van der Waals surface area contributed by atoms with Crippen molar-refractivity contribution in [3.8, 4) is 5.75 Å². The van der Waals surface area contributed by atoms with Crippen LogP contribution in [0.5, 0.6) is 5.75 Å². The van der Waals surface area contributed by atoms with Crippen molar-refractivity contribution < 1.29 is 50.3 Å². The van der Waals surface area contributed by atoms with Gasteiger partial charge in [0.2, 0.25) is 11.9 Å². The van der Waals surface area contributed by atoms with Gasteiger partial charge in [-0.2, -0.15) is 45.9 Å². The molecule has 5 rings (SSSR count). The highest BCUT2D eigenvalue weighted by atomic mass is 32.2. The van der Waals surface area contributed by atoms with Crippen molar-refractivity contribution in [1.29, 1.82) is 0 Å². The van der Waals surface area contributed by atoms with Gasteiger partial charge in [0, 0.05) is 28.9 Å². The summed E-state index contributed by atoms with van der Waals surface area (Å²) in [5.74, 6) is -3.38. The minimum atomic E-state index is -4.88. The second-order valence-corrected chi connectivity index (χ2v) is 10.7. The van der Waals surface area contributed by atoms with E-state index in [9.17, 15) is 35.6 Å². The number of benzene rings is 3. The number of nitrogens with zero attached hydrogens (tertiary/aromatic N) is 6. The van der Waals surface area contributed by atoms with Gasteiger partial charge < -0.3 is 15.7 Å². The van der Waals surface area contributed by atoms with E-state index in [0.717, 1.165) is 30.3 Å². The number of rotatable bonds is 10. The average molecular weight is 667 g/mol. The van der Waals surface area contributed by atoms with Crippen LogP contribution in [0.25, 0.3) is 10.8 Å². The molecule has 5 aromatic rings. The Kier molecular flexibility index (Phi) is 8.99. The molecule has 0 fully saturated rings. The molecule has 2 aromatic heterocycles. The number of fused-ring (bicyclic) bond motifs is 1. The molecule has 0 saturated heterocycles. The lowest BCUT2D eigenvalue weighted by atomic mass is 10.1. The summed E-state index contributed by atoms with van der Waals surface area (Å²) in [4.78, 5) is 11.8. The predicted octanol–water partition coefficient (Wildman–Crippen LogP) is 6.26. The van der Waals surface area contributed by atoms with Gasteiger partial charge >= 0.3 is 12.2 Å². The molecule has 15 nitrogen and oxygen atoms in total. The summed E-state index contributed by atoms with van der Waals surface area (Å²) in [6.45, 7) is 0. The van der Waals surface area contributed by atoms with E-state index in [-0.39, 0.29) is 39.0 Å². The van der Waals surface area contributed by atoms with E-state index in [4.69, 9.17) is 5.26 Å². The van der Waals surface area contributed by atoms with Gasteiger partial charge in [-0.15, -0.1) is 14.6 Å². The molecule has 3 aromatic carbocycles. The third-order valence-electron chi connectivity index (χ3n) is 5.58. The maximum Gasteiger partial charge on any atom is 0.313 e. The van der Waals surface area contributed by atoms with Gasteiger partial charge in [-0.25, -0.2) is 5.26 Å². The predicted molar refractivity (Wildman–Crippen MR) is 147 cm³/mol. The fourth-order valence-electron chi connectivity index (χ4n) is 3.84. The van der Waals surface area contributed by atoms with Gasteiger partial charge in [-0.1, -0.05) is 5.04 Å². The van der Waals surface area contributed by atoms with Crippen LogP contribution < -0.4 is 10.6 Å². The molecular formula is C24H14F4N8O7S2. The van der Waals surface area contributed by atoms with E-state index < -0.39 is 50.5 Å². The van der Waals surface area contributed by atoms with E-state index >= 15 is 0 Å². The van der Waals surface area contributed by atoms with E-state index in [2.05, 4.69) is 50.2 Å². The molecule has 232 valence electrons. The third kappa shape index (κ3) is 7.54. The SMILES string of the molecule is O=S(=O)(O)c1ccc(Nc2cc(F)nc(F)n2)cc1N=Nc1c(SOOO)cc2cc(Nc3cc(F)nc(F)n3)ccc2c1O. The Morgan fingerprint density at radius 1 is 0.800 bits per heavy atom. The lowest BCUT2D eigenvalue weighted by Crippen LogP contribution is -2.02. The molecule has 0 aliphatic rings. The largest absolute Gasteiger partial charge is 0.505 e. The van der Waals surface area contributed by atoms with E-state index in [1.54, 1.807) is 0 Å². The maximum absolute atomic E-state index is 13.5. The first-order valence-corrected chi connectivity index (χ1v) is 14.0. The van der Waals surface area contributed by atoms with Crippen LogP contribution in [0.4, 0.5) is 51.9 Å². The molecule has 0 bridgehead atoms. The van der Waals surface area contributed by atoms with Gasteiger partial charge in [-0.3, -0.25) is 4.55 Å². The monoisotopic (exact) mass is 666 g/mol. The van der Waals surface area contributed by atoms with Crippen molar-refractivity contribution in [2.75, 3.05) is 10.6 Å². The van der Waals surface area contributed by atoms with Crippen LogP contribution in [0.1, 0.15) is 0 Å². The van der Waals surface area contributed by atoms with Crippen LogP contribution in [0.15, 0.2) is 74.6 Å². The minimum absolute atomic E-state index is 0.00618. The molecule has 0 saturated carbocycles. The molecule has 0 atom stereocenters. The minimum Gasteiger partial charge on any atom is -0.505 e. The Balaban J connectivity index is 1.55. The zero-order valence-electron chi connectivity index (χ0n) is 21.7. The summed E-state index contributed by atoms with van der Waals surface area (Å²) < 4.78 is 92.0. The first-order valence-electron chi connectivity index (χ1n) is 11.8. The topological polar surface area (TPSA) is 214 Å². The van der Waals surface area contributed by atoms with Crippen LogP contribution in [-0.2, 0) is 19.5 Å². The van der Waals surface area contributed by atoms with Crippen LogP contribution in [0.3, 0.4) is 0 Å². The molecule has 5 N–H and O–H groups in total. The molecule has 0 aliphatic carbocycles. The zero-order chi connectivity index (χ0) is 32.3. The van der Waals surface area contributed by atoms with Crippen LogP contribution >= 0.6 is 12.0 Å². The highest BCUT2D eigenvalue weighted by Crippen LogP contribution is 2.45. The lowest BCUT2D eigenvalue weighted by Gasteiger charge is -2.12. The summed E-state index contributed by atoms with van der Waals surface area (Å²) in [5, 5.41) is 36.8. The first-order chi connectivity index (χ1) is 21.4. The Bertz CT molecular complexity index is 2040. The second kappa shape index (κ2) is 12.9. The molecule has 0 amide bonds. The summed E-state index contributed by atoms with van der Waals surface area (Å²) in [5.41, 5.74) is -0.540. The number of azo groups is 1. The maximum atomic E-state index is 13.5. The quantitative estimate of drug-likeness (QED) is 0.0163. The number of hydrogen-bond acceptors (Lipinski definition) is 15. The molecular weight excluding hydrogens is 652 g/mol.